The maximum atomic E-state index is 14.0. The summed E-state index contributed by atoms with van der Waals surface area (Å²) in [4.78, 5) is 29.1. The van der Waals surface area contributed by atoms with E-state index in [1.165, 1.54) is 4.90 Å². The van der Waals surface area contributed by atoms with E-state index in [0.29, 0.717) is 39.2 Å². The van der Waals surface area contributed by atoms with E-state index in [0.717, 1.165) is 5.56 Å². The first kappa shape index (κ1) is 23.9. The third-order valence-corrected chi connectivity index (χ3v) is 8.72. The van der Waals surface area contributed by atoms with Gasteiger partial charge in [0.15, 0.2) is 0 Å². The maximum absolute atomic E-state index is 14.0. The molecule has 3 heterocycles. The molecular weight excluding hydrogens is 492 g/mol. The Labute approximate surface area is 219 Å². The van der Waals surface area contributed by atoms with E-state index in [1.807, 2.05) is 25.1 Å². The van der Waals surface area contributed by atoms with E-state index in [4.69, 9.17) is 21.1 Å². The minimum Gasteiger partial charge on any atom is -0.493 e. The van der Waals surface area contributed by atoms with Crippen LogP contribution in [0.2, 0.25) is 5.02 Å². The van der Waals surface area contributed by atoms with Crippen molar-refractivity contribution in [2.75, 3.05) is 11.5 Å². The second-order valence-electron chi connectivity index (χ2n) is 10.3. The highest BCUT2D eigenvalue weighted by molar-refractivity contribution is 6.31. The van der Waals surface area contributed by atoms with Crippen LogP contribution in [0.25, 0.3) is 10.8 Å². The Kier molecular flexibility index (Phi) is 5.36. The van der Waals surface area contributed by atoms with Crippen molar-refractivity contribution in [3.63, 3.8) is 0 Å². The molecule has 3 saturated heterocycles. The van der Waals surface area contributed by atoms with E-state index in [9.17, 15) is 20.0 Å². The third kappa shape index (κ3) is 3.33. The highest BCUT2D eigenvalue weighted by atomic mass is 35.5. The Hall–Kier alpha value is -3.44. The lowest BCUT2D eigenvalue weighted by molar-refractivity contribution is -0.134. The standard InChI is InChI=1S/C29H25ClN2O5/c1-16-13-18(8-9-21(16)30)36-12-11-29-14-23(33)28(2,37-29)24-25(29)27(35)32(26(24)34)22-10-7-17(15-31)19-5-3-4-6-20(19)22/h3-10,13,23-25,33H,11-12,14H2,1-2H3. The van der Waals surface area contributed by atoms with Gasteiger partial charge in [0.1, 0.15) is 11.4 Å². The highest BCUT2D eigenvalue weighted by Crippen LogP contribution is 2.62. The number of fused-ring (bicyclic) bond motifs is 6. The van der Waals surface area contributed by atoms with Crippen molar-refractivity contribution in [3.05, 3.63) is 70.7 Å². The quantitative estimate of drug-likeness (QED) is 0.500. The summed E-state index contributed by atoms with van der Waals surface area (Å²) in [7, 11) is 0. The van der Waals surface area contributed by atoms with Gasteiger partial charge in [-0.05, 0) is 49.7 Å². The van der Waals surface area contributed by atoms with Crippen molar-refractivity contribution in [2.24, 2.45) is 11.8 Å². The Morgan fingerprint density at radius 1 is 1.14 bits per heavy atom. The van der Waals surface area contributed by atoms with Gasteiger partial charge in [0.2, 0.25) is 11.8 Å². The molecule has 5 atom stereocenters. The van der Waals surface area contributed by atoms with Gasteiger partial charge in [0.25, 0.3) is 0 Å². The van der Waals surface area contributed by atoms with Crippen molar-refractivity contribution in [1.82, 2.24) is 0 Å². The number of imide groups is 1. The van der Waals surface area contributed by atoms with E-state index in [-0.39, 0.29) is 24.8 Å². The number of anilines is 1. The molecule has 3 aromatic carbocycles. The molecule has 5 unspecified atom stereocenters. The van der Waals surface area contributed by atoms with Gasteiger partial charge >= 0.3 is 0 Å². The Balaban J connectivity index is 1.35. The number of carbonyl (C=O) groups is 2. The zero-order valence-corrected chi connectivity index (χ0v) is 21.2. The maximum Gasteiger partial charge on any atom is 0.240 e. The minimum atomic E-state index is -1.18. The molecule has 1 N–H and O–H groups in total. The fourth-order valence-electron chi connectivity index (χ4n) is 6.49. The number of aryl methyl sites for hydroxylation is 1. The van der Waals surface area contributed by atoms with E-state index in [1.54, 1.807) is 43.3 Å². The van der Waals surface area contributed by atoms with Gasteiger partial charge < -0.3 is 14.6 Å². The monoisotopic (exact) mass is 516 g/mol. The largest absolute Gasteiger partial charge is 0.493 e. The fourth-order valence-corrected chi connectivity index (χ4v) is 6.60. The molecule has 2 bridgehead atoms. The number of hydrogen-bond acceptors (Lipinski definition) is 6. The first-order chi connectivity index (χ1) is 17.7. The molecule has 3 aliphatic heterocycles. The SMILES string of the molecule is Cc1cc(OCCC23CC(O)C(C)(O2)C2C(=O)N(c4ccc(C#N)c5ccccc45)C(=O)C23)ccc1Cl. The van der Waals surface area contributed by atoms with Crippen LogP contribution in [0.5, 0.6) is 5.75 Å². The average molecular weight is 517 g/mol. The van der Waals surface area contributed by atoms with Crippen molar-refractivity contribution >= 4 is 39.9 Å². The van der Waals surface area contributed by atoms with E-state index in [2.05, 4.69) is 6.07 Å². The number of carbonyl (C=O) groups excluding carboxylic acids is 2. The van der Waals surface area contributed by atoms with Gasteiger partial charge in [-0.25, -0.2) is 4.90 Å². The van der Waals surface area contributed by atoms with Gasteiger partial charge in [0, 0.05) is 28.6 Å². The van der Waals surface area contributed by atoms with Gasteiger partial charge in [0.05, 0.1) is 47.5 Å². The van der Waals surface area contributed by atoms with Crippen LogP contribution in [0.15, 0.2) is 54.6 Å². The average Bonchev–Trinajstić information content (AvgIpc) is 3.41. The van der Waals surface area contributed by atoms with Crippen LogP contribution in [0.1, 0.15) is 30.9 Å². The molecule has 0 aromatic heterocycles. The number of amides is 2. The summed E-state index contributed by atoms with van der Waals surface area (Å²) in [6.45, 7) is 3.86. The van der Waals surface area contributed by atoms with Crippen LogP contribution in [-0.4, -0.2) is 40.8 Å². The van der Waals surface area contributed by atoms with Crippen LogP contribution in [0.3, 0.4) is 0 Å². The number of benzene rings is 3. The molecule has 0 aliphatic carbocycles. The van der Waals surface area contributed by atoms with Crippen LogP contribution < -0.4 is 9.64 Å². The number of rotatable bonds is 5. The molecule has 6 rings (SSSR count). The molecule has 37 heavy (non-hydrogen) atoms. The van der Waals surface area contributed by atoms with Gasteiger partial charge in [-0.3, -0.25) is 9.59 Å². The number of aliphatic hydroxyl groups is 1. The smallest absolute Gasteiger partial charge is 0.240 e. The summed E-state index contributed by atoms with van der Waals surface area (Å²) in [5.41, 5.74) is -0.398. The van der Waals surface area contributed by atoms with Crippen LogP contribution >= 0.6 is 11.6 Å². The lowest BCUT2D eigenvalue weighted by Crippen LogP contribution is -2.49. The molecule has 8 heteroatoms. The van der Waals surface area contributed by atoms with Crippen molar-refractivity contribution in [1.29, 1.82) is 5.26 Å². The normalized spacial score (nSPS) is 30.1. The van der Waals surface area contributed by atoms with E-state index < -0.39 is 29.1 Å². The van der Waals surface area contributed by atoms with Crippen LogP contribution in [0, 0.1) is 30.1 Å². The Morgan fingerprint density at radius 2 is 1.86 bits per heavy atom. The number of hydrogen-bond donors (Lipinski definition) is 1. The summed E-state index contributed by atoms with van der Waals surface area (Å²) in [5.74, 6) is -1.63. The summed E-state index contributed by atoms with van der Waals surface area (Å²) in [6, 6.07) is 18.1. The predicted molar refractivity (Wildman–Crippen MR) is 137 cm³/mol. The second kappa shape index (κ2) is 8.29. The van der Waals surface area contributed by atoms with Gasteiger partial charge in [-0.2, -0.15) is 5.26 Å². The van der Waals surface area contributed by atoms with Gasteiger partial charge in [-0.1, -0.05) is 35.9 Å². The molecule has 3 aromatic rings. The number of nitriles is 1. The number of nitrogens with zero attached hydrogens (tertiary/aromatic N) is 2. The predicted octanol–water partition coefficient (Wildman–Crippen LogP) is 4.54. The summed E-state index contributed by atoms with van der Waals surface area (Å²) < 4.78 is 12.4. The molecule has 0 saturated carbocycles. The molecule has 3 fully saturated rings. The minimum absolute atomic E-state index is 0.244. The fraction of sp³-hybridized carbons (Fsp3) is 0.345. The van der Waals surface area contributed by atoms with E-state index >= 15 is 0 Å². The number of aliphatic hydroxyl groups excluding tert-OH is 1. The van der Waals surface area contributed by atoms with Crippen LogP contribution in [0.4, 0.5) is 5.69 Å². The second-order valence-corrected chi connectivity index (χ2v) is 10.7. The molecular formula is C29H25ClN2O5. The lowest BCUT2D eigenvalue weighted by atomic mass is 9.66. The third-order valence-electron chi connectivity index (χ3n) is 8.30. The first-order valence-electron chi connectivity index (χ1n) is 12.3. The molecule has 7 nitrogen and oxygen atoms in total. The summed E-state index contributed by atoms with van der Waals surface area (Å²) >= 11 is 6.11. The summed E-state index contributed by atoms with van der Waals surface area (Å²) in [5, 5.41) is 22.5. The number of halogens is 1. The molecule has 0 radical (unpaired) electrons. The highest BCUT2D eigenvalue weighted by Gasteiger charge is 2.77. The lowest BCUT2D eigenvalue weighted by Gasteiger charge is -2.33. The number of ether oxygens (including phenoxy) is 2. The van der Waals surface area contributed by atoms with Crippen molar-refractivity contribution in [3.8, 4) is 11.8 Å². The Bertz CT molecular complexity index is 1520. The molecule has 2 amide bonds. The Morgan fingerprint density at radius 3 is 2.59 bits per heavy atom. The molecule has 3 aliphatic rings. The van der Waals surface area contributed by atoms with Crippen molar-refractivity contribution < 1.29 is 24.2 Å². The first-order valence-corrected chi connectivity index (χ1v) is 12.6. The summed E-state index contributed by atoms with van der Waals surface area (Å²) in [6.07, 6.45) is -0.307. The zero-order valence-electron chi connectivity index (χ0n) is 20.4. The van der Waals surface area contributed by atoms with Crippen molar-refractivity contribution in [2.45, 2.75) is 44.0 Å². The van der Waals surface area contributed by atoms with Gasteiger partial charge in [-0.15, -0.1) is 0 Å². The molecule has 188 valence electrons. The topological polar surface area (TPSA) is 99.9 Å². The zero-order chi connectivity index (χ0) is 26.1. The molecule has 0 spiro atoms. The van der Waals surface area contributed by atoms with Crippen LogP contribution in [-0.2, 0) is 14.3 Å².